The normalized spacial score (nSPS) is 18.2. The van der Waals surface area contributed by atoms with E-state index in [1.807, 2.05) is 59.8 Å². The maximum absolute atomic E-state index is 13.7. The van der Waals surface area contributed by atoms with Crippen LogP contribution in [0, 0.1) is 11.6 Å². The molecule has 3 aromatic heterocycles. The summed E-state index contributed by atoms with van der Waals surface area (Å²) < 4.78 is 128. The third-order valence-electron chi connectivity index (χ3n) is 14.1. The molecule has 2 amide bonds. The number of carbonyl (C=O) groups is 3. The van der Waals surface area contributed by atoms with Gasteiger partial charge in [0.1, 0.15) is 11.6 Å². The number of sulfone groups is 1. The number of hydrogen-bond acceptors (Lipinski definition) is 20. The van der Waals surface area contributed by atoms with Crippen LogP contribution in [0.3, 0.4) is 0 Å². The number of aromatic nitrogens is 8. The summed E-state index contributed by atoms with van der Waals surface area (Å²) in [6.07, 6.45) is 5.83. The summed E-state index contributed by atoms with van der Waals surface area (Å²) in [5.41, 5.74) is 4.40. The zero-order valence-corrected chi connectivity index (χ0v) is 56.3. The summed E-state index contributed by atoms with van der Waals surface area (Å²) >= 11 is 0. The van der Waals surface area contributed by atoms with Gasteiger partial charge in [0.05, 0.1) is 89.5 Å². The Labute approximate surface area is 531 Å². The van der Waals surface area contributed by atoms with Crippen molar-refractivity contribution in [3.63, 3.8) is 0 Å². The molecular weight excluding hydrogens is 1240 g/mol. The van der Waals surface area contributed by atoms with E-state index in [0.29, 0.717) is 52.2 Å². The highest BCUT2D eigenvalue weighted by Crippen LogP contribution is 2.36. The molecule has 0 aliphatic carbocycles. The van der Waals surface area contributed by atoms with Crippen molar-refractivity contribution in [3.05, 3.63) is 119 Å². The van der Waals surface area contributed by atoms with Crippen LogP contribution in [0.15, 0.2) is 90.1 Å². The Hall–Kier alpha value is -7.61. The second kappa shape index (κ2) is 29.8. The van der Waals surface area contributed by atoms with Crippen LogP contribution in [0.25, 0.3) is 34.3 Å². The Bertz CT molecular complexity index is 3910. The van der Waals surface area contributed by atoms with Crippen molar-refractivity contribution in [1.82, 2.24) is 49.9 Å². The quantitative estimate of drug-likeness (QED) is 0.0703. The summed E-state index contributed by atoms with van der Waals surface area (Å²) in [5.74, 6) is -3.39. The molecule has 6 aromatic rings. The maximum Gasteiger partial charge on any atom is 0.272 e. The van der Waals surface area contributed by atoms with E-state index in [0.717, 1.165) is 21.1 Å². The summed E-state index contributed by atoms with van der Waals surface area (Å²) in [4.78, 5) is 56.6. The molecule has 2 aliphatic heterocycles. The number of rotatable bonds is 19. The first-order chi connectivity index (χ1) is 42.3. The molecule has 2 fully saturated rings. The van der Waals surface area contributed by atoms with Crippen molar-refractivity contribution in [2.45, 2.75) is 134 Å². The van der Waals surface area contributed by atoms with E-state index in [-0.39, 0.29) is 89.2 Å². The third-order valence-corrected chi connectivity index (χ3v) is 18.1. The number of hydrogen-bond donors (Lipinski definition) is 0. The van der Waals surface area contributed by atoms with Crippen LogP contribution in [0.2, 0.25) is 0 Å². The Morgan fingerprint density at radius 1 is 0.615 bits per heavy atom. The highest BCUT2D eigenvalue weighted by molar-refractivity contribution is 7.92. The minimum Gasteiger partial charge on any atom is -0.349 e. The maximum atomic E-state index is 13.7. The second-order valence-corrected chi connectivity index (χ2v) is 29.7. The number of ether oxygens (including phenoxy) is 4. The van der Waals surface area contributed by atoms with Crippen molar-refractivity contribution in [3.8, 4) is 28.2 Å². The number of benzene rings is 3. The minimum absolute atomic E-state index is 0.0263. The number of halogens is 2. The van der Waals surface area contributed by atoms with Gasteiger partial charge < -0.3 is 28.7 Å². The highest BCUT2D eigenvalue weighted by Gasteiger charge is 2.41. The summed E-state index contributed by atoms with van der Waals surface area (Å²) in [6.45, 7) is 14.6. The van der Waals surface area contributed by atoms with Gasteiger partial charge in [0.25, 0.3) is 5.16 Å². The average Bonchev–Trinajstić information content (AvgIpc) is 1.21. The van der Waals surface area contributed by atoms with Crippen LogP contribution in [0.1, 0.15) is 120 Å². The standard InChI is InChI=1S/C27H37FN4O5S.C18H25N5O5S.C16H18FN3O3S/c1-17(2)24-22(14-13-20-15-21(16-23(33)31(5)6)37-27(3,4)36-20)25(18-9-11-19(28)12-10-18)30-26(29-24)32(7)38(8,34)35;1-18(2)27-14(11-16(24)22(3)4)10-15(28-18)12-29(25,26)17-19-20-21-23(17)13-8-6-5-7-9-13;1-10(2)14-13(9-21)15(11-5-7-12(17)8-6-11)19-16(18-14)20(3)24(4,22)23/h9-14,17,20-21H,15-16H2,1-8H3;5-9,14-15H,10-12H2,1-4H3;5-10H,1-4H3/b14-13+;;/t20-,21-;14-,15+;/m11./s1. The largest absolute Gasteiger partial charge is 0.349 e. The van der Waals surface area contributed by atoms with E-state index in [1.54, 1.807) is 78.4 Å². The lowest BCUT2D eigenvalue weighted by Crippen LogP contribution is -2.48. The third kappa shape index (κ3) is 19.7. The number of sulfonamides is 2. The molecule has 30 heteroatoms. The second-order valence-electron chi connectivity index (χ2n) is 23.7. The molecule has 5 heterocycles. The van der Waals surface area contributed by atoms with E-state index >= 15 is 0 Å². The van der Waals surface area contributed by atoms with Crippen molar-refractivity contribution in [2.75, 3.05) is 69.2 Å². The van der Waals surface area contributed by atoms with Crippen LogP contribution in [0.4, 0.5) is 20.7 Å². The molecule has 2 saturated heterocycles. The molecule has 3 aromatic carbocycles. The van der Waals surface area contributed by atoms with Gasteiger partial charge >= 0.3 is 0 Å². The molecule has 0 spiro atoms. The Morgan fingerprint density at radius 3 is 1.48 bits per heavy atom. The Morgan fingerprint density at radius 2 is 1.04 bits per heavy atom. The summed E-state index contributed by atoms with van der Waals surface area (Å²) in [7, 11) is -1.57. The molecule has 0 unspecified atom stereocenters. The molecule has 25 nitrogen and oxygen atoms in total. The molecular formula is C61H80F2N12O13S3. The first kappa shape index (κ1) is 72.5. The zero-order valence-electron chi connectivity index (χ0n) is 53.9. The van der Waals surface area contributed by atoms with Gasteiger partial charge in [0.15, 0.2) is 17.9 Å². The molecule has 494 valence electrons. The van der Waals surface area contributed by atoms with Gasteiger partial charge in [-0.1, -0.05) is 63.1 Å². The van der Waals surface area contributed by atoms with E-state index in [9.17, 15) is 48.4 Å². The van der Waals surface area contributed by atoms with Gasteiger partial charge in [-0.25, -0.2) is 62.6 Å². The topological polar surface area (TPSA) is 299 Å². The van der Waals surface area contributed by atoms with E-state index < -0.39 is 65.3 Å². The number of aldehydes is 1. The highest BCUT2D eigenvalue weighted by atomic mass is 32.2. The van der Waals surface area contributed by atoms with Gasteiger partial charge in [-0.05, 0) is 111 Å². The van der Waals surface area contributed by atoms with Gasteiger partial charge in [-0.15, -0.1) is 0 Å². The monoisotopic (exact) mass is 1320 g/mol. The zero-order chi connectivity index (χ0) is 67.7. The molecule has 2 aliphatic rings. The van der Waals surface area contributed by atoms with Crippen LogP contribution in [-0.4, -0.2) is 190 Å². The fourth-order valence-corrected chi connectivity index (χ4v) is 11.7. The fraction of sp³-hybridized carbons (Fsp3) is 0.475. The predicted octanol–water partition coefficient (Wildman–Crippen LogP) is 7.64. The number of nitrogens with zero attached hydrogens (tertiary/aromatic N) is 12. The van der Waals surface area contributed by atoms with E-state index in [1.165, 1.54) is 65.0 Å². The van der Waals surface area contributed by atoms with Crippen molar-refractivity contribution in [2.24, 2.45) is 0 Å². The molecule has 0 N–H and O–H groups in total. The molecule has 0 saturated carbocycles. The number of carbonyl (C=O) groups excluding carboxylic acids is 3. The first-order valence-electron chi connectivity index (χ1n) is 28.8. The lowest BCUT2D eigenvalue weighted by atomic mass is 9.97. The van der Waals surface area contributed by atoms with Gasteiger partial charge in [-0.2, -0.15) is 4.68 Å². The Kier molecular flexibility index (Phi) is 23.7. The predicted molar refractivity (Wildman–Crippen MR) is 339 cm³/mol. The lowest BCUT2D eigenvalue weighted by Gasteiger charge is -2.40. The van der Waals surface area contributed by atoms with Crippen molar-refractivity contribution >= 4 is 66.0 Å². The molecule has 0 bridgehead atoms. The van der Waals surface area contributed by atoms with Crippen LogP contribution in [0.5, 0.6) is 0 Å². The number of amides is 2. The van der Waals surface area contributed by atoms with Gasteiger partial charge in [-0.3, -0.25) is 14.4 Å². The Balaban J connectivity index is 0.000000223. The molecule has 4 atom stereocenters. The molecule has 0 radical (unpaired) electrons. The fourth-order valence-electron chi connectivity index (χ4n) is 9.56. The molecule has 91 heavy (non-hydrogen) atoms. The number of anilines is 2. The first-order valence-corrected chi connectivity index (χ1v) is 34.2. The average molecular weight is 1320 g/mol. The SMILES string of the molecule is CC(C)c1nc(N(C)S(C)(=O)=O)nc(-c2ccc(F)cc2)c1/C=C/[C@@H]1C[C@H](CC(=O)N(C)C)OC(C)(C)O1.CC(C)c1nc(N(C)S(C)(=O)=O)nc(-c2ccc(F)cc2)c1C=O.CN(C)C(=O)C[C@H]1C[C@@H](CS(=O)(=O)c2nnnn2-c2ccccc2)OC(C)(C)O1. The van der Waals surface area contributed by atoms with Gasteiger partial charge in [0.2, 0.25) is 53.6 Å². The molecule has 8 rings (SSSR count). The van der Waals surface area contributed by atoms with E-state index in [4.69, 9.17) is 18.9 Å². The van der Waals surface area contributed by atoms with Crippen LogP contribution >= 0.6 is 0 Å². The summed E-state index contributed by atoms with van der Waals surface area (Å²) in [5, 5.41) is 10.8. The van der Waals surface area contributed by atoms with Crippen molar-refractivity contribution < 1.29 is 67.4 Å². The van der Waals surface area contributed by atoms with Crippen LogP contribution < -0.4 is 8.61 Å². The van der Waals surface area contributed by atoms with E-state index in [2.05, 4.69) is 35.5 Å². The van der Waals surface area contributed by atoms with Crippen LogP contribution in [-0.2, 0) is 58.4 Å². The van der Waals surface area contributed by atoms with Gasteiger partial charge in [0, 0.05) is 71.8 Å². The van der Waals surface area contributed by atoms with Crippen molar-refractivity contribution in [1.29, 1.82) is 0 Å². The summed E-state index contributed by atoms with van der Waals surface area (Å²) in [6, 6.07) is 20.1. The minimum atomic E-state index is -3.86. The lowest BCUT2D eigenvalue weighted by molar-refractivity contribution is -0.295. The number of para-hydroxylation sites is 1. The number of tetrazole rings is 1. The smallest absolute Gasteiger partial charge is 0.272 e.